The van der Waals surface area contributed by atoms with Crippen LogP contribution in [0.1, 0.15) is 50.1 Å². The summed E-state index contributed by atoms with van der Waals surface area (Å²) < 4.78 is 38.4. The molecule has 0 fully saturated rings. The first kappa shape index (κ1) is 24.1. The van der Waals surface area contributed by atoms with E-state index in [-0.39, 0.29) is 10.6 Å². The Morgan fingerprint density at radius 2 is 1.97 bits per heavy atom. The molecule has 0 aliphatic rings. The molecular weight excluding hydrogens is 450 g/mol. The van der Waals surface area contributed by atoms with Crippen molar-refractivity contribution < 1.29 is 22.5 Å². The van der Waals surface area contributed by atoms with Crippen LogP contribution >= 0.6 is 11.3 Å². The molecule has 2 atom stereocenters. The monoisotopic (exact) mass is 477 g/mol. The van der Waals surface area contributed by atoms with Gasteiger partial charge >= 0.3 is 5.97 Å². The van der Waals surface area contributed by atoms with Crippen LogP contribution in [0.15, 0.2) is 56.6 Å². The Morgan fingerprint density at radius 1 is 1.22 bits per heavy atom. The van der Waals surface area contributed by atoms with Crippen molar-refractivity contribution in [2.24, 2.45) is 0 Å². The lowest BCUT2D eigenvalue weighted by Crippen LogP contribution is -2.40. The maximum Gasteiger partial charge on any atom is 0.306 e. The largest absolute Gasteiger partial charge is 0.456 e. The first-order valence-corrected chi connectivity index (χ1v) is 12.7. The van der Waals surface area contributed by atoms with Gasteiger partial charge in [0, 0.05) is 26.3 Å². The Kier molecular flexibility index (Phi) is 8.16. The first-order valence-electron chi connectivity index (χ1n) is 10.4. The van der Waals surface area contributed by atoms with Gasteiger partial charge in [0.2, 0.25) is 5.89 Å². The highest BCUT2D eigenvalue weighted by Crippen LogP contribution is 2.30. The molecule has 0 N–H and O–H groups in total. The van der Waals surface area contributed by atoms with Gasteiger partial charge in [0.15, 0.2) is 5.82 Å². The minimum atomic E-state index is -3.70. The van der Waals surface area contributed by atoms with E-state index in [9.17, 15) is 13.2 Å². The van der Waals surface area contributed by atoms with Crippen molar-refractivity contribution in [2.75, 3.05) is 7.05 Å². The van der Waals surface area contributed by atoms with E-state index < -0.39 is 28.1 Å². The normalized spacial score (nSPS) is 13.8. The Morgan fingerprint density at radius 3 is 2.59 bits per heavy atom. The standard InChI is InChI=1S/C22H27N3O5S2/c1-4-18-23-19(30-24-18)12-8-13-20(26)29-22(17-10-6-5-7-11-17)16(2)25(3)32(27,28)21-14-9-15-31-21/h5-7,9-11,14-16,22H,4,8,12-13H2,1-3H3/t16-,22-/m0/s1. The van der Waals surface area contributed by atoms with Crippen molar-refractivity contribution in [2.45, 2.75) is 55.9 Å². The van der Waals surface area contributed by atoms with E-state index in [1.54, 1.807) is 24.4 Å². The highest BCUT2D eigenvalue weighted by molar-refractivity contribution is 7.91. The molecule has 10 heteroatoms. The zero-order chi connectivity index (χ0) is 23.1. The van der Waals surface area contributed by atoms with E-state index in [4.69, 9.17) is 9.26 Å². The fourth-order valence-electron chi connectivity index (χ4n) is 3.17. The molecule has 1 aromatic carbocycles. The smallest absolute Gasteiger partial charge is 0.306 e. The summed E-state index contributed by atoms with van der Waals surface area (Å²) in [6.07, 6.45) is 1.05. The first-order chi connectivity index (χ1) is 15.3. The Bertz CT molecular complexity index is 1100. The molecule has 32 heavy (non-hydrogen) atoms. The number of carbonyl (C=O) groups is 1. The van der Waals surface area contributed by atoms with Crippen LogP contribution in [-0.4, -0.2) is 41.9 Å². The zero-order valence-corrected chi connectivity index (χ0v) is 19.9. The molecule has 0 amide bonds. The number of thiophene rings is 1. The van der Waals surface area contributed by atoms with Gasteiger partial charge in [0.1, 0.15) is 10.3 Å². The second-order valence-electron chi connectivity index (χ2n) is 7.33. The van der Waals surface area contributed by atoms with Crippen LogP contribution in [0.2, 0.25) is 0 Å². The lowest BCUT2D eigenvalue weighted by atomic mass is 10.0. The summed E-state index contributed by atoms with van der Waals surface area (Å²) in [5.74, 6) is 0.711. The van der Waals surface area contributed by atoms with Crippen molar-refractivity contribution in [3.8, 4) is 0 Å². The van der Waals surface area contributed by atoms with Crippen LogP contribution in [0.3, 0.4) is 0 Å². The summed E-state index contributed by atoms with van der Waals surface area (Å²) in [7, 11) is -2.20. The predicted octanol–water partition coefficient (Wildman–Crippen LogP) is 4.01. The molecule has 0 saturated carbocycles. The summed E-state index contributed by atoms with van der Waals surface area (Å²) in [5.41, 5.74) is 0.728. The van der Waals surface area contributed by atoms with Gasteiger partial charge in [-0.25, -0.2) is 8.42 Å². The number of nitrogens with zero attached hydrogens (tertiary/aromatic N) is 3. The number of hydrogen-bond donors (Lipinski definition) is 0. The Hall–Kier alpha value is -2.56. The molecule has 2 aromatic heterocycles. The topological polar surface area (TPSA) is 103 Å². The van der Waals surface area contributed by atoms with Gasteiger partial charge in [-0.15, -0.1) is 11.3 Å². The highest BCUT2D eigenvalue weighted by atomic mass is 32.2. The maximum atomic E-state index is 13.0. The molecule has 8 nitrogen and oxygen atoms in total. The zero-order valence-electron chi connectivity index (χ0n) is 18.3. The van der Waals surface area contributed by atoms with Crippen molar-refractivity contribution in [3.63, 3.8) is 0 Å². The van der Waals surface area contributed by atoms with Crippen LogP contribution in [0.25, 0.3) is 0 Å². The average Bonchev–Trinajstić information content (AvgIpc) is 3.49. The van der Waals surface area contributed by atoms with E-state index >= 15 is 0 Å². The van der Waals surface area contributed by atoms with E-state index in [0.717, 1.165) is 16.9 Å². The molecule has 0 bridgehead atoms. The number of aromatic nitrogens is 2. The fourth-order valence-corrected chi connectivity index (χ4v) is 5.71. The fraction of sp³-hybridized carbons (Fsp3) is 0.409. The second kappa shape index (κ2) is 10.8. The van der Waals surface area contributed by atoms with E-state index in [1.807, 2.05) is 37.3 Å². The molecule has 0 unspecified atom stereocenters. The van der Waals surface area contributed by atoms with Crippen LogP contribution in [0.4, 0.5) is 0 Å². The molecule has 0 saturated heterocycles. The minimum absolute atomic E-state index is 0.154. The summed E-state index contributed by atoms with van der Waals surface area (Å²) >= 11 is 1.15. The van der Waals surface area contributed by atoms with Crippen molar-refractivity contribution in [1.82, 2.24) is 14.4 Å². The number of rotatable bonds is 11. The predicted molar refractivity (Wildman–Crippen MR) is 121 cm³/mol. The van der Waals surface area contributed by atoms with E-state index in [1.165, 1.54) is 11.4 Å². The number of sulfonamides is 1. The summed E-state index contributed by atoms with van der Waals surface area (Å²) in [6, 6.07) is 11.8. The van der Waals surface area contributed by atoms with Gasteiger partial charge in [0.05, 0.1) is 6.04 Å². The van der Waals surface area contributed by atoms with Gasteiger partial charge in [0.25, 0.3) is 10.0 Å². The molecule has 0 aliphatic heterocycles. The summed E-state index contributed by atoms with van der Waals surface area (Å²) in [6.45, 7) is 3.67. The van der Waals surface area contributed by atoms with Gasteiger partial charge in [-0.1, -0.05) is 48.5 Å². The van der Waals surface area contributed by atoms with Crippen molar-refractivity contribution >= 4 is 27.3 Å². The third-order valence-electron chi connectivity index (χ3n) is 5.12. The van der Waals surface area contributed by atoms with Crippen LogP contribution < -0.4 is 0 Å². The van der Waals surface area contributed by atoms with Gasteiger partial charge < -0.3 is 9.26 Å². The Balaban J connectivity index is 1.69. The number of carbonyl (C=O) groups excluding carboxylic acids is 1. The van der Waals surface area contributed by atoms with Gasteiger partial charge in [-0.05, 0) is 30.4 Å². The second-order valence-corrected chi connectivity index (χ2v) is 10.5. The molecule has 172 valence electrons. The third kappa shape index (κ3) is 5.81. The quantitative estimate of drug-likeness (QED) is 0.384. The number of likely N-dealkylation sites (N-methyl/N-ethyl adjacent to an activating group) is 1. The number of ether oxygens (including phenoxy) is 1. The molecular formula is C22H27N3O5S2. The minimum Gasteiger partial charge on any atom is -0.456 e. The number of hydrogen-bond acceptors (Lipinski definition) is 8. The van der Waals surface area contributed by atoms with Crippen LogP contribution in [0.5, 0.6) is 0 Å². The Labute approximate surface area is 192 Å². The lowest BCUT2D eigenvalue weighted by molar-refractivity contribution is -0.152. The maximum absolute atomic E-state index is 13.0. The third-order valence-corrected chi connectivity index (χ3v) is 8.44. The van der Waals surface area contributed by atoms with E-state index in [0.29, 0.717) is 31.0 Å². The lowest BCUT2D eigenvalue weighted by Gasteiger charge is -2.31. The number of benzene rings is 1. The van der Waals surface area contributed by atoms with Crippen molar-refractivity contribution in [3.05, 3.63) is 65.1 Å². The highest BCUT2D eigenvalue weighted by Gasteiger charge is 2.34. The van der Waals surface area contributed by atoms with Gasteiger partial charge in [-0.2, -0.15) is 9.29 Å². The molecule has 3 rings (SSSR count). The SMILES string of the molecule is CCc1noc(CCCC(=O)O[C@H](c2ccccc2)[C@H](C)N(C)S(=O)(=O)c2cccs2)n1. The molecule has 0 radical (unpaired) electrons. The van der Waals surface area contributed by atoms with Crippen molar-refractivity contribution in [1.29, 1.82) is 0 Å². The molecule has 3 aromatic rings. The van der Waals surface area contributed by atoms with Crippen LogP contribution in [0, 0.1) is 0 Å². The molecule has 2 heterocycles. The van der Waals surface area contributed by atoms with Gasteiger partial charge in [-0.3, -0.25) is 4.79 Å². The van der Waals surface area contributed by atoms with E-state index in [2.05, 4.69) is 10.1 Å². The summed E-state index contributed by atoms with van der Waals surface area (Å²) in [4.78, 5) is 16.9. The molecule has 0 spiro atoms. The van der Waals surface area contributed by atoms with Crippen LogP contribution in [-0.2, 0) is 32.4 Å². The number of esters is 1. The average molecular weight is 478 g/mol. The summed E-state index contributed by atoms with van der Waals surface area (Å²) in [5, 5.41) is 5.56. The molecule has 0 aliphatic carbocycles. The number of aryl methyl sites for hydroxylation is 2.